The molecule has 0 spiro atoms. The molecule has 0 radical (unpaired) electrons. The molecule has 20 heavy (non-hydrogen) atoms. The van der Waals surface area contributed by atoms with Gasteiger partial charge in [0.05, 0.1) is 6.04 Å². The van der Waals surface area contributed by atoms with Gasteiger partial charge in [-0.25, -0.2) is 0 Å². The second kappa shape index (κ2) is 6.23. The maximum Gasteiger partial charge on any atom is 0.221 e. The van der Waals surface area contributed by atoms with Crippen LogP contribution in [0.4, 0.5) is 0 Å². The van der Waals surface area contributed by atoms with Gasteiger partial charge in [-0.2, -0.15) is 0 Å². The van der Waals surface area contributed by atoms with Crippen LogP contribution in [0.1, 0.15) is 37.3 Å². The number of hydrogen-bond donors (Lipinski definition) is 1. The van der Waals surface area contributed by atoms with Gasteiger partial charge in [-0.05, 0) is 48.9 Å². The lowest BCUT2D eigenvalue weighted by Crippen LogP contribution is -2.31. The van der Waals surface area contributed by atoms with E-state index in [-0.39, 0.29) is 11.9 Å². The monoisotopic (exact) mass is 307 g/mol. The first kappa shape index (κ1) is 14.0. The maximum absolute atomic E-state index is 12.2. The highest BCUT2D eigenvalue weighted by Crippen LogP contribution is 2.37. The Kier molecular flexibility index (Phi) is 4.37. The van der Waals surface area contributed by atoms with E-state index < -0.39 is 0 Å². The number of nitrogens with one attached hydrogen (secondary N) is 1. The summed E-state index contributed by atoms with van der Waals surface area (Å²) in [5, 5.41) is 3.92. The quantitative estimate of drug-likeness (QED) is 0.841. The van der Waals surface area contributed by atoms with Crippen LogP contribution in [0.2, 0.25) is 5.02 Å². The average Bonchev–Trinajstić information content (AvgIpc) is 2.92. The highest BCUT2D eigenvalue weighted by molar-refractivity contribution is 7.99. The van der Waals surface area contributed by atoms with Gasteiger partial charge in [-0.15, -0.1) is 11.8 Å². The van der Waals surface area contributed by atoms with Crippen LogP contribution in [0.15, 0.2) is 35.2 Å². The summed E-state index contributed by atoms with van der Waals surface area (Å²) in [6, 6.07) is 6.08. The Labute approximate surface area is 129 Å². The number of amides is 1. The van der Waals surface area contributed by atoms with Gasteiger partial charge in [-0.1, -0.05) is 23.8 Å². The fourth-order valence-corrected chi connectivity index (χ4v) is 4.16. The number of carbonyl (C=O) groups is 1. The molecule has 1 aromatic rings. The first-order valence-electron chi connectivity index (χ1n) is 7.10. The summed E-state index contributed by atoms with van der Waals surface area (Å²) in [7, 11) is 0. The van der Waals surface area contributed by atoms with Crippen molar-refractivity contribution in [2.45, 2.75) is 36.6 Å². The summed E-state index contributed by atoms with van der Waals surface area (Å²) in [5.74, 6) is 1.62. The molecule has 2 nitrogen and oxygen atoms in total. The molecule has 1 aliphatic heterocycles. The first-order valence-corrected chi connectivity index (χ1v) is 8.47. The van der Waals surface area contributed by atoms with Crippen molar-refractivity contribution in [3.63, 3.8) is 0 Å². The van der Waals surface area contributed by atoms with Crippen molar-refractivity contribution in [1.82, 2.24) is 5.32 Å². The molecule has 0 bridgehead atoms. The van der Waals surface area contributed by atoms with Gasteiger partial charge < -0.3 is 5.32 Å². The van der Waals surface area contributed by atoms with Crippen LogP contribution in [0.5, 0.6) is 0 Å². The molecule has 2 aliphatic rings. The third kappa shape index (κ3) is 3.21. The van der Waals surface area contributed by atoms with Crippen molar-refractivity contribution in [1.29, 1.82) is 0 Å². The van der Waals surface area contributed by atoms with E-state index in [9.17, 15) is 4.79 Å². The van der Waals surface area contributed by atoms with Crippen LogP contribution in [0.25, 0.3) is 0 Å². The van der Waals surface area contributed by atoms with E-state index in [1.165, 1.54) is 10.5 Å². The molecule has 0 saturated heterocycles. The highest BCUT2D eigenvalue weighted by atomic mass is 35.5. The fraction of sp³-hybridized carbons (Fsp3) is 0.438. The number of rotatable bonds is 3. The lowest BCUT2D eigenvalue weighted by molar-refractivity contribution is -0.122. The fourth-order valence-electron chi connectivity index (χ4n) is 2.87. The second-order valence-corrected chi connectivity index (χ2v) is 6.98. The topological polar surface area (TPSA) is 29.1 Å². The van der Waals surface area contributed by atoms with E-state index in [0.29, 0.717) is 12.3 Å². The summed E-state index contributed by atoms with van der Waals surface area (Å²) < 4.78 is 0. The Hall–Kier alpha value is -0.930. The van der Waals surface area contributed by atoms with E-state index in [4.69, 9.17) is 11.6 Å². The molecule has 1 aromatic carbocycles. The largest absolute Gasteiger partial charge is 0.349 e. The summed E-state index contributed by atoms with van der Waals surface area (Å²) in [4.78, 5) is 13.4. The van der Waals surface area contributed by atoms with Crippen molar-refractivity contribution in [3.05, 3.63) is 40.9 Å². The van der Waals surface area contributed by atoms with Crippen molar-refractivity contribution in [3.8, 4) is 0 Å². The van der Waals surface area contributed by atoms with Gasteiger partial charge in [0.25, 0.3) is 0 Å². The minimum Gasteiger partial charge on any atom is -0.349 e. The molecule has 0 aromatic heterocycles. The van der Waals surface area contributed by atoms with Gasteiger partial charge in [0.1, 0.15) is 0 Å². The molecule has 0 saturated carbocycles. The molecule has 2 atom stereocenters. The molecule has 0 fully saturated rings. The van der Waals surface area contributed by atoms with Crippen LogP contribution >= 0.6 is 23.4 Å². The van der Waals surface area contributed by atoms with E-state index in [1.807, 2.05) is 23.9 Å². The van der Waals surface area contributed by atoms with Gasteiger partial charge >= 0.3 is 0 Å². The lowest BCUT2D eigenvalue weighted by atomic mass is 10.0. The van der Waals surface area contributed by atoms with E-state index in [1.54, 1.807) is 0 Å². The molecule has 1 heterocycles. The molecule has 4 heteroatoms. The number of carbonyl (C=O) groups excluding carboxylic acids is 1. The standard InChI is InChI=1S/C16H18ClNOS/c17-12-5-6-15-13(10-12)14(7-8-20-15)18-16(19)9-11-3-1-2-4-11/h1,3,5-6,10-11,14H,2,4,7-9H2,(H,18,19). The van der Waals surface area contributed by atoms with Crippen molar-refractivity contribution in [2.24, 2.45) is 5.92 Å². The van der Waals surface area contributed by atoms with Crippen LogP contribution in [0, 0.1) is 5.92 Å². The predicted molar refractivity (Wildman–Crippen MR) is 84.2 cm³/mol. The Balaban J connectivity index is 1.67. The third-order valence-electron chi connectivity index (χ3n) is 3.91. The van der Waals surface area contributed by atoms with Crippen LogP contribution < -0.4 is 5.32 Å². The molecule has 3 rings (SSSR count). The van der Waals surface area contributed by atoms with Gasteiger partial charge in [0, 0.05) is 22.1 Å². The molecule has 2 unspecified atom stereocenters. The number of allylic oxidation sites excluding steroid dienone is 2. The maximum atomic E-state index is 12.2. The lowest BCUT2D eigenvalue weighted by Gasteiger charge is -2.26. The Morgan fingerprint density at radius 3 is 3.10 bits per heavy atom. The minimum atomic E-state index is 0.114. The molecule has 106 valence electrons. The van der Waals surface area contributed by atoms with E-state index >= 15 is 0 Å². The molecular formula is C16H18ClNOS. The molecule has 1 N–H and O–H groups in total. The normalized spacial score (nSPS) is 24.4. The van der Waals surface area contributed by atoms with E-state index in [2.05, 4.69) is 23.5 Å². The number of halogens is 1. The van der Waals surface area contributed by atoms with Crippen molar-refractivity contribution < 1.29 is 4.79 Å². The second-order valence-electron chi connectivity index (χ2n) is 5.41. The van der Waals surface area contributed by atoms with Crippen LogP contribution in [0.3, 0.4) is 0 Å². The highest BCUT2D eigenvalue weighted by Gasteiger charge is 2.23. The zero-order valence-electron chi connectivity index (χ0n) is 11.3. The SMILES string of the molecule is O=C(CC1C=CCC1)NC1CCSc2ccc(Cl)cc21. The Morgan fingerprint density at radius 1 is 1.40 bits per heavy atom. The zero-order chi connectivity index (χ0) is 13.9. The minimum absolute atomic E-state index is 0.114. The zero-order valence-corrected chi connectivity index (χ0v) is 12.8. The number of thioether (sulfide) groups is 1. The van der Waals surface area contributed by atoms with E-state index in [0.717, 1.165) is 30.0 Å². The third-order valence-corrected chi connectivity index (χ3v) is 5.26. The smallest absolute Gasteiger partial charge is 0.221 e. The van der Waals surface area contributed by atoms with Crippen molar-refractivity contribution in [2.75, 3.05) is 5.75 Å². The number of benzene rings is 1. The van der Waals surface area contributed by atoms with Crippen molar-refractivity contribution >= 4 is 29.3 Å². The summed E-state index contributed by atoms with van der Waals surface area (Å²) in [5.41, 5.74) is 1.17. The Morgan fingerprint density at radius 2 is 2.30 bits per heavy atom. The Bertz CT molecular complexity index is 543. The van der Waals surface area contributed by atoms with Gasteiger partial charge in [0.2, 0.25) is 5.91 Å². The number of hydrogen-bond acceptors (Lipinski definition) is 2. The summed E-state index contributed by atoms with van der Waals surface area (Å²) in [6.07, 6.45) is 8.14. The molecule has 1 amide bonds. The van der Waals surface area contributed by atoms with Crippen LogP contribution in [-0.4, -0.2) is 11.7 Å². The summed E-state index contributed by atoms with van der Waals surface area (Å²) in [6.45, 7) is 0. The summed E-state index contributed by atoms with van der Waals surface area (Å²) >= 11 is 7.92. The predicted octanol–water partition coefficient (Wildman–Crippen LogP) is 4.35. The first-order chi connectivity index (χ1) is 9.72. The van der Waals surface area contributed by atoms with Gasteiger partial charge in [0.15, 0.2) is 0 Å². The van der Waals surface area contributed by atoms with Gasteiger partial charge in [-0.3, -0.25) is 4.79 Å². The molecular weight excluding hydrogens is 290 g/mol. The van der Waals surface area contributed by atoms with Crippen LogP contribution in [-0.2, 0) is 4.79 Å². The average molecular weight is 308 g/mol. The molecule has 1 aliphatic carbocycles. The number of fused-ring (bicyclic) bond motifs is 1.